The lowest BCUT2D eigenvalue weighted by atomic mass is 9.96. The zero-order valence-corrected chi connectivity index (χ0v) is 10.7. The lowest BCUT2D eigenvalue weighted by molar-refractivity contribution is -0.111. The van der Waals surface area contributed by atoms with Crippen molar-refractivity contribution in [2.24, 2.45) is 0 Å². The first-order valence-corrected chi connectivity index (χ1v) is 6.05. The maximum absolute atomic E-state index is 11.9. The number of fused-ring (bicyclic) bond motifs is 3. The van der Waals surface area contributed by atoms with Crippen LogP contribution in [-0.4, -0.2) is 5.78 Å². The average Bonchev–Trinajstić information content (AvgIpc) is 2.64. The lowest BCUT2D eigenvalue weighted by Gasteiger charge is -2.12. The summed E-state index contributed by atoms with van der Waals surface area (Å²) < 4.78 is 0. The molecule has 0 unspecified atom stereocenters. The molecule has 0 atom stereocenters. The number of allylic oxidation sites excluding steroid dienone is 5. The van der Waals surface area contributed by atoms with E-state index in [4.69, 9.17) is 34.8 Å². The van der Waals surface area contributed by atoms with Gasteiger partial charge in [0.05, 0.1) is 10.1 Å². The van der Waals surface area contributed by atoms with Gasteiger partial charge in [-0.2, -0.15) is 0 Å². The molecule has 0 aromatic heterocycles. The highest BCUT2D eigenvalue weighted by molar-refractivity contribution is 6.52. The maximum Gasteiger partial charge on any atom is 0.205 e. The van der Waals surface area contributed by atoms with Crippen LogP contribution in [0.4, 0.5) is 0 Å². The van der Waals surface area contributed by atoms with Crippen LogP contribution in [0.1, 0.15) is 11.1 Å². The number of hydrogen-bond acceptors (Lipinski definition) is 1. The Hall–Kier alpha value is -1.02. The largest absolute Gasteiger partial charge is 0.288 e. The molecule has 2 aliphatic rings. The van der Waals surface area contributed by atoms with E-state index in [1.165, 1.54) is 6.08 Å². The van der Waals surface area contributed by atoms with Crippen molar-refractivity contribution in [1.29, 1.82) is 0 Å². The van der Waals surface area contributed by atoms with Gasteiger partial charge in [-0.3, -0.25) is 4.79 Å². The first-order chi connectivity index (χ1) is 8.08. The van der Waals surface area contributed by atoms with Gasteiger partial charge in [-0.05, 0) is 35.4 Å². The van der Waals surface area contributed by atoms with Crippen LogP contribution in [0.2, 0.25) is 5.02 Å². The summed E-state index contributed by atoms with van der Waals surface area (Å²) in [5.74, 6) is -0.196. The van der Waals surface area contributed by atoms with E-state index in [-0.39, 0.29) is 10.8 Å². The predicted molar refractivity (Wildman–Crippen MR) is 71.1 cm³/mol. The molecule has 0 bridgehead atoms. The Morgan fingerprint density at radius 3 is 2.53 bits per heavy atom. The lowest BCUT2D eigenvalue weighted by Crippen LogP contribution is -2.07. The molecule has 4 heteroatoms. The minimum atomic E-state index is -0.196. The minimum absolute atomic E-state index is 0.143. The second kappa shape index (κ2) is 3.74. The maximum atomic E-state index is 11.9. The van der Waals surface area contributed by atoms with Crippen LogP contribution in [0.5, 0.6) is 0 Å². The van der Waals surface area contributed by atoms with E-state index >= 15 is 0 Å². The third-order valence-electron chi connectivity index (χ3n) is 2.81. The molecular weight excluding hydrogens is 279 g/mol. The van der Waals surface area contributed by atoms with Gasteiger partial charge in [0.25, 0.3) is 0 Å². The van der Waals surface area contributed by atoms with E-state index in [9.17, 15) is 4.79 Å². The van der Waals surface area contributed by atoms with E-state index in [2.05, 4.69) is 0 Å². The van der Waals surface area contributed by atoms with E-state index in [0.29, 0.717) is 15.6 Å². The van der Waals surface area contributed by atoms with Crippen molar-refractivity contribution in [3.8, 4) is 0 Å². The number of ketones is 1. The van der Waals surface area contributed by atoms with Crippen LogP contribution in [0, 0.1) is 0 Å². The Morgan fingerprint density at radius 2 is 1.76 bits per heavy atom. The molecule has 0 fully saturated rings. The summed E-state index contributed by atoms with van der Waals surface area (Å²) in [7, 11) is 0. The molecule has 0 radical (unpaired) electrons. The number of halogens is 3. The molecule has 2 aliphatic carbocycles. The van der Waals surface area contributed by atoms with Crippen molar-refractivity contribution in [3.05, 3.63) is 56.1 Å². The first kappa shape index (κ1) is 11.1. The third-order valence-corrected chi connectivity index (χ3v) is 3.62. The Labute approximate surface area is 113 Å². The quantitative estimate of drug-likeness (QED) is 0.690. The average molecular weight is 284 g/mol. The Bertz CT molecular complexity index is 651. The molecule has 0 saturated carbocycles. The van der Waals surface area contributed by atoms with E-state index in [0.717, 1.165) is 16.7 Å². The highest BCUT2D eigenvalue weighted by atomic mass is 35.5. The standard InChI is InChI=1S/C13H5Cl3O/c14-7-1-2-8-6(3-7)4-9-12(8)10(15)5-11(16)13(9)17/h1-5H. The van der Waals surface area contributed by atoms with E-state index < -0.39 is 0 Å². The smallest absolute Gasteiger partial charge is 0.205 e. The second-order valence-corrected chi connectivity index (χ2v) is 5.08. The zero-order chi connectivity index (χ0) is 12.2. The molecule has 1 aromatic rings. The molecule has 0 N–H and O–H groups in total. The Morgan fingerprint density at radius 1 is 1.00 bits per heavy atom. The number of benzene rings is 1. The Kier molecular flexibility index (Phi) is 2.44. The molecule has 3 rings (SSSR count). The fourth-order valence-electron chi connectivity index (χ4n) is 2.07. The zero-order valence-electron chi connectivity index (χ0n) is 8.43. The molecule has 0 amide bonds. The SMILES string of the molecule is O=C1C(Cl)=CC(Cl)=C2C1=Cc1cc(Cl)ccc12. The number of hydrogen-bond donors (Lipinski definition) is 0. The summed E-state index contributed by atoms with van der Waals surface area (Å²) in [6.45, 7) is 0. The van der Waals surface area contributed by atoms with Crippen molar-refractivity contribution >= 4 is 52.2 Å². The van der Waals surface area contributed by atoms with Gasteiger partial charge in [-0.15, -0.1) is 0 Å². The van der Waals surface area contributed by atoms with Gasteiger partial charge < -0.3 is 0 Å². The summed E-state index contributed by atoms with van der Waals surface area (Å²) in [4.78, 5) is 11.9. The first-order valence-electron chi connectivity index (χ1n) is 4.91. The summed E-state index contributed by atoms with van der Waals surface area (Å²) in [6, 6.07) is 5.44. The summed E-state index contributed by atoms with van der Waals surface area (Å²) in [6.07, 6.45) is 3.26. The number of Topliss-reactive ketones (excluding diaryl/α,β-unsaturated/α-hetero) is 1. The van der Waals surface area contributed by atoms with E-state index in [1.54, 1.807) is 18.2 Å². The summed E-state index contributed by atoms with van der Waals surface area (Å²) in [5.41, 5.74) is 3.10. The number of carbonyl (C=O) groups is 1. The Balaban J connectivity index is 2.31. The molecule has 0 spiro atoms. The van der Waals surface area contributed by atoms with Crippen LogP contribution in [0.25, 0.3) is 11.6 Å². The highest BCUT2D eigenvalue weighted by Gasteiger charge is 2.30. The molecule has 0 saturated heterocycles. The minimum Gasteiger partial charge on any atom is -0.288 e. The normalized spacial score (nSPS) is 17.7. The number of rotatable bonds is 0. The second-order valence-electron chi connectivity index (χ2n) is 3.83. The van der Waals surface area contributed by atoms with Gasteiger partial charge in [-0.25, -0.2) is 0 Å². The highest BCUT2D eigenvalue weighted by Crippen LogP contribution is 2.44. The van der Waals surface area contributed by atoms with Crippen molar-refractivity contribution < 1.29 is 4.79 Å². The van der Waals surface area contributed by atoms with Crippen LogP contribution < -0.4 is 0 Å². The van der Waals surface area contributed by atoms with Crippen molar-refractivity contribution in [2.45, 2.75) is 0 Å². The monoisotopic (exact) mass is 282 g/mol. The van der Waals surface area contributed by atoms with Crippen molar-refractivity contribution in [3.63, 3.8) is 0 Å². The summed E-state index contributed by atoms with van der Waals surface area (Å²) in [5, 5.41) is 1.26. The van der Waals surface area contributed by atoms with Gasteiger partial charge in [0.1, 0.15) is 0 Å². The van der Waals surface area contributed by atoms with E-state index in [1.807, 2.05) is 6.07 Å². The van der Waals surface area contributed by atoms with Crippen molar-refractivity contribution in [2.75, 3.05) is 0 Å². The molecule has 84 valence electrons. The van der Waals surface area contributed by atoms with Crippen LogP contribution in [0.15, 0.2) is 39.9 Å². The summed E-state index contributed by atoms with van der Waals surface area (Å²) >= 11 is 17.9. The molecule has 0 aliphatic heterocycles. The number of carbonyl (C=O) groups excluding carboxylic acids is 1. The predicted octanol–water partition coefficient (Wildman–Crippen LogP) is 4.39. The van der Waals surface area contributed by atoms with Gasteiger partial charge in [-0.1, -0.05) is 40.9 Å². The van der Waals surface area contributed by atoms with Crippen LogP contribution >= 0.6 is 34.8 Å². The topological polar surface area (TPSA) is 17.1 Å². The van der Waals surface area contributed by atoms with Gasteiger partial charge in [0.15, 0.2) is 0 Å². The molecule has 0 heterocycles. The molecule has 1 nitrogen and oxygen atoms in total. The van der Waals surface area contributed by atoms with Gasteiger partial charge >= 0.3 is 0 Å². The third kappa shape index (κ3) is 1.58. The fraction of sp³-hybridized carbons (Fsp3) is 0. The molecule has 17 heavy (non-hydrogen) atoms. The van der Waals surface area contributed by atoms with Crippen molar-refractivity contribution in [1.82, 2.24) is 0 Å². The van der Waals surface area contributed by atoms with Crippen LogP contribution in [0.3, 0.4) is 0 Å². The van der Waals surface area contributed by atoms with Crippen LogP contribution in [-0.2, 0) is 4.79 Å². The molecule has 1 aromatic carbocycles. The van der Waals surface area contributed by atoms with Gasteiger partial charge in [0, 0.05) is 16.2 Å². The fourth-order valence-corrected chi connectivity index (χ4v) is 2.83. The van der Waals surface area contributed by atoms with Gasteiger partial charge in [0.2, 0.25) is 5.78 Å². The molecular formula is C13H5Cl3O.